The summed E-state index contributed by atoms with van der Waals surface area (Å²) >= 11 is 0. The van der Waals surface area contributed by atoms with Crippen LogP contribution in [0.15, 0.2) is 18.2 Å². The Morgan fingerprint density at radius 3 is 3.00 bits per heavy atom. The normalized spacial score (nSPS) is 15.9. The number of nitriles is 1. The van der Waals surface area contributed by atoms with Crippen LogP contribution in [-0.4, -0.2) is 24.3 Å². The van der Waals surface area contributed by atoms with Crippen molar-refractivity contribution < 1.29 is 9.47 Å². The van der Waals surface area contributed by atoms with Gasteiger partial charge in [-0.3, -0.25) is 0 Å². The fraction of sp³-hybridized carbons (Fsp3) is 0.333. The highest BCUT2D eigenvalue weighted by Crippen LogP contribution is 2.13. The number of rotatable bonds is 2. The summed E-state index contributed by atoms with van der Waals surface area (Å²) in [5.41, 5.74) is 0.373. The number of aromatic nitrogens is 1. The van der Waals surface area contributed by atoms with Crippen LogP contribution in [0.4, 0.5) is 0 Å². The first-order valence-corrected chi connectivity index (χ1v) is 4.00. The topological polar surface area (TPSA) is 55.1 Å². The molecular formula is C9H8N2O2. The summed E-state index contributed by atoms with van der Waals surface area (Å²) in [6.07, 6.45) is 0.0986. The molecule has 4 nitrogen and oxygen atoms in total. The Bertz CT molecular complexity index is 342. The zero-order valence-electron chi connectivity index (χ0n) is 6.93. The molecule has 0 radical (unpaired) electrons. The van der Waals surface area contributed by atoms with E-state index in [1.807, 2.05) is 6.07 Å². The molecule has 2 heterocycles. The van der Waals surface area contributed by atoms with Crippen molar-refractivity contribution >= 4 is 0 Å². The summed E-state index contributed by atoms with van der Waals surface area (Å²) in [6.45, 7) is 1.22. The minimum Gasteiger partial charge on any atom is -0.469 e. The minimum atomic E-state index is 0.0986. The molecule has 1 aromatic heterocycles. The lowest BCUT2D eigenvalue weighted by Crippen LogP contribution is -2.38. The van der Waals surface area contributed by atoms with Crippen LogP contribution in [0, 0.1) is 11.3 Å². The molecule has 1 fully saturated rings. The van der Waals surface area contributed by atoms with Gasteiger partial charge < -0.3 is 9.47 Å². The van der Waals surface area contributed by atoms with E-state index >= 15 is 0 Å². The molecule has 13 heavy (non-hydrogen) atoms. The summed E-state index contributed by atoms with van der Waals surface area (Å²) in [5.74, 6) is 0.493. The minimum absolute atomic E-state index is 0.0986. The van der Waals surface area contributed by atoms with Crippen molar-refractivity contribution in [1.29, 1.82) is 5.26 Å². The van der Waals surface area contributed by atoms with Gasteiger partial charge in [0.05, 0.1) is 13.2 Å². The van der Waals surface area contributed by atoms with Gasteiger partial charge in [-0.2, -0.15) is 5.26 Å². The van der Waals surface area contributed by atoms with Crippen molar-refractivity contribution in [2.75, 3.05) is 13.2 Å². The fourth-order valence-electron chi connectivity index (χ4n) is 0.996. The molecule has 2 rings (SSSR count). The first-order chi connectivity index (χ1) is 6.38. The van der Waals surface area contributed by atoms with Crippen LogP contribution in [0.1, 0.15) is 5.69 Å². The van der Waals surface area contributed by atoms with Crippen LogP contribution in [0.25, 0.3) is 0 Å². The lowest BCUT2D eigenvalue weighted by Gasteiger charge is -2.25. The largest absolute Gasteiger partial charge is 0.469 e. The average molecular weight is 176 g/mol. The van der Waals surface area contributed by atoms with E-state index in [9.17, 15) is 0 Å². The summed E-state index contributed by atoms with van der Waals surface area (Å²) in [6, 6.07) is 7.08. The molecule has 1 aromatic rings. The van der Waals surface area contributed by atoms with E-state index in [0.29, 0.717) is 24.8 Å². The van der Waals surface area contributed by atoms with Crippen molar-refractivity contribution in [3.05, 3.63) is 23.9 Å². The van der Waals surface area contributed by atoms with Gasteiger partial charge in [-0.1, -0.05) is 6.07 Å². The molecule has 1 saturated heterocycles. The number of hydrogen-bond acceptors (Lipinski definition) is 4. The number of ether oxygens (including phenoxy) is 2. The number of hydrogen-bond donors (Lipinski definition) is 0. The molecular weight excluding hydrogens is 168 g/mol. The molecule has 0 unspecified atom stereocenters. The second-order valence-corrected chi connectivity index (χ2v) is 2.75. The second kappa shape index (κ2) is 3.42. The van der Waals surface area contributed by atoms with Crippen LogP contribution in [0.2, 0.25) is 0 Å². The van der Waals surface area contributed by atoms with Crippen molar-refractivity contribution in [3.63, 3.8) is 0 Å². The van der Waals surface area contributed by atoms with Crippen LogP contribution in [-0.2, 0) is 4.74 Å². The predicted octanol–water partition coefficient (Wildman–Crippen LogP) is 0.731. The van der Waals surface area contributed by atoms with Gasteiger partial charge >= 0.3 is 0 Å². The highest BCUT2D eigenvalue weighted by Gasteiger charge is 2.20. The number of pyridine rings is 1. The molecule has 4 heteroatoms. The lowest BCUT2D eigenvalue weighted by atomic mass is 10.3. The molecule has 1 aliphatic heterocycles. The molecule has 0 amide bonds. The van der Waals surface area contributed by atoms with E-state index in [-0.39, 0.29) is 6.10 Å². The zero-order valence-corrected chi connectivity index (χ0v) is 6.93. The first kappa shape index (κ1) is 8.02. The third-order valence-electron chi connectivity index (χ3n) is 1.73. The van der Waals surface area contributed by atoms with E-state index in [1.165, 1.54) is 0 Å². The molecule has 1 aliphatic rings. The highest BCUT2D eigenvalue weighted by atomic mass is 16.6. The van der Waals surface area contributed by atoms with E-state index in [2.05, 4.69) is 4.98 Å². The first-order valence-electron chi connectivity index (χ1n) is 4.00. The van der Waals surface area contributed by atoms with Gasteiger partial charge in [-0.05, 0) is 6.07 Å². The van der Waals surface area contributed by atoms with Crippen molar-refractivity contribution in [2.45, 2.75) is 6.10 Å². The maximum atomic E-state index is 8.57. The standard InChI is InChI=1S/C9H8N2O2/c10-4-7-2-1-3-9(11-7)13-8-5-12-6-8/h1-3,8H,5-6H2. The molecule has 0 bridgehead atoms. The summed E-state index contributed by atoms with van der Waals surface area (Å²) < 4.78 is 10.4. The smallest absolute Gasteiger partial charge is 0.214 e. The summed E-state index contributed by atoms with van der Waals surface area (Å²) in [4.78, 5) is 3.97. The Hall–Kier alpha value is -1.60. The van der Waals surface area contributed by atoms with Gasteiger partial charge in [0.25, 0.3) is 0 Å². The Morgan fingerprint density at radius 2 is 2.38 bits per heavy atom. The quantitative estimate of drug-likeness (QED) is 0.666. The highest BCUT2D eigenvalue weighted by molar-refractivity contribution is 5.24. The van der Waals surface area contributed by atoms with Crippen LogP contribution >= 0.6 is 0 Å². The summed E-state index contributed by atoms with van der Waals surface area (Å²) in [5, 5.41) is 8.57. The van der Waals surface area contributed by atoms with E-state index < -0.39 is 0 Å². The van der Waals surface area contributed by atoms with Crippen LogP contribution in [0.5, 0.6) is 5.88 Å². The maximum absolute atomic E-state index is 8.57. The van der Waals surface area contributed by atoms with Crippen LogP contribution in [0.3, 0.4) is 0 Å². The van der Waals surface area contributed by atoms with Crippen molar-refractivity contribution in [3.8, 4) is 11.9 Å². The van der Waals surface area contributed by atoms with Gasteiger partial charge in [-0.15, -0.1) is 0 Å². The van der Waals surface area contributed by atoms with Gasteiger partial charge in [0.1, 0.15) is 17.9 Å². The molecule has 0 spiro atoms. The molecule has 66 valence electrons. The predicted molar refractivity (Wildman–Crippen MR) is 44.2 cm³/mol. The fourth-order valence-corrected chi connectivity index (χ4v) is 0.996. The van der Waals surface area contributed by atoms with Crippen molar-refractivity contribution in [2.24, 2.45) is 0 Å². The molecule has 0 atom stereocenters. The SMILES string of the molecule is N#Cc1cccc(OC2COC2)n1. The van der Waals surface area contributed by atoms with Crippen LogP contribution < -0.4 is 4.74 Å². The average Bonchev–Trinajstić information content (AvgIpc) is 2.12. The second-order valence-electron chi connectivity index (χ2n) is 2.75. The monoisotopic (exact) mass is 176 g/mol. The number of nitrogens with zero attached hydrogens (tertiary/aromatic N) is 2. The zero-order chi connectivity index (χ0) is 9.10. The van der Waals surface area contributed by atoms with Gasteiger partial charge in [0, 0.05) is 6.07 Å². The van der Waals surface area contributed by atoms with Gasteiger partial charge in [-0.25, -0.2) is 4.98 Å². The van der Waals surface area contributed by atoms with Gasteiger partial charge in [0.15, 0.2) is 0 Å². The Kier molecular flexibility index (Phi) is 2.11. The third kappa shape index (κ3) is 1.76. The Balaban J connectivity index is 2.07. The molecule has 0 N–H and O–H groups in total. The van der Waals surface area contributed by atoms with E-state index in [4.69, 9.17) is 14.7 Å². The molecule has 0 aliphatic carbocycles. The summed E-state index contributed by atoms with van der Waals surface area (Å²) in [7, 11) is 0. The Labute approximate surface area is 75.7 Å². The lowest BCUT2D eigenvalue weighted by molar-refractivity contribution is -0.0813. The molecule has 0 aromatic carbocycles. The molecule has 0 saturated carbocycles. The maximum Gasteiger partial charge on any atom is 0.214 e. The third-order valence-corrected chi connectivity index (χ3v) is 1.73. The van der Waals surface area contributed by atoms with Gasteiger partial charge in [0.2, 0.25) is 5.88 Å². The Morgan fingerprint density at radius 1 is 1.54 bits per heavy atom. The van der Waals surface area contributed by atoms with E-state index in [1.54, 1.807) is 18.2 Å². The van der Waals surface area contributed by atoms with Crippen molar-refractivity contribution in [1.82, 2.24) is 4.98 Å². The van der Waals surface area contributed by atoms with E-state index in [0.717, 1.165) is 0 Å².